The van der Waals surface area contributed by atoms with Gasteiger partial charge in [-0.1, -0.05) is 5.16 Å². The third-order valence-corrected chi connectivity index (χ3v) is 2.82. The molecule has 102 valence electrons. The van der Waals surface area contributed by atoms with Gasteiger partial charge in [-0.2, -0.15) is 10.1 Å². The van der Waals surface area contributed by atoms with Crippen LogP contribution in [0.15, 0.2) is 35.1 Å². The molecule has 1 aromatic carbocycles. The first-order valence-corrected chi connectivity index (χ1v) is 5.87. The van der Waals surface area contributed by atoms with Crippen LogP contribution in [0, 0.1) is 0 Å². The summed E-state index contributed by atoms with van der Waals surface area (Å²) in [4.78, 5) is 4.33. The van der Waals surface area contributed by atoms with Crippen molar-refractivity contribution in [1.82, 2.24) is 20.3 Å². The fourth-order valence-electron chi connectivity index (χ4n) is 1.81. The van der Waals surface area contributed by atoms with E-state index < -0.39 is 0 Å². The molecule has 3 aromatic rings. The lowest BCUT2D eigenvalue weighted by Gasteiger charge is -2.06. The standard InChI is InChI=1S/C13H12N4O3/c1-18-9-3-4-11(19-2)10(5-9)12-16-13(20-17-12)8-6-14-15-7-8/h3-7H,1-2H3,(H,14,15). The summed E-state index contributed by atoms with van der Waals surface area (Å²) in [7, 11) is 3.18. The van der Waals surface area contributed by atoms with Crippen molar-refractivity contribution in [1.29, 1.82) is 0 Å². The first-order valence-electron chi connectivity index (χ1n) is 5.87. The zero-order valence-electron chi connectivity index (χ0n) is 11.0. The molecular weight excluding hydrogens is 260 g/mol. The van der Waals surface area contributed by atoms with Crippen LogP contribution in [0.1, 0.15) is 0 Å². The summed E-state index contributed by atoms with van der Waals surface area (Å²) in [6.45, 7) is 0. The molecule has 0 aliphatic rings. The van der Waals surface area contributed by atoms with E-state index in [9.17, 15) is 0 Å². The van der Waals surface area contributed by atoms with Crippen molar-refractivity contribution in [2.24, 2.45) is 0 Å². The van der Waals surface area contributed by atoms with Gasteiger partial charge in [0.25, 0.3) is 5.89 Å². The minimum absolute atomic E-state index is 0.388. The van der Waals surface area contributed by atoms with Crippen molar-refractivity contribution in [2.75, 3.05) is 14.2 Å². The van der Waals surface area contributed by atoms with Gasteiger partial charge in [0.1, 0.15) is 11.5 Å². The van der Waals surface area contributed by atoms with Crippen LogP contribution in [0.4, 0.5) is 0 Å². The number of hydrogen-bond donors (Lipinski definition) is 1. The van der Waals surface area contributed by atoms with Crippen molar-refractivity contribution >= 4 is 0 Å². The van der Waals surface area contributed by atoms with E-state index >= 15 is 0 Å². The number of nitrogens with one attached hydrogen (secondary N) is 1. The number of methoxy groups -OCH3 is 2. The Balaban J connectivity index is 2.04. The van der Waals surface area contributed by atoms with Gasteiger partial charge in [-0.25, -0.2) is 0 Å². The summed E-state index contributed by atoms with van der Waals surface area (Å²) in [5.74, 6) is 2.15. The monoisotopic (exact) mass is 272 g/mol. The molecule has 0 aliphatic heterocycles. The van der Waals surface area contributed by atoms with Crippen LogP contribution in [-0.2, 0) is 0 Å². The molecule has 0 saturated heterocycles. The Bertz CT molecular complexity index is 706. The zero-order valence-corrected chi connectivity index (χ0v) is 11.0. The summed E-state index contributed by atoms with van der Waals surface area (Å²) in [6.07, 6.45) is 3.29. The number of aromatic amines is 1. The Hall–Kier alpha value is -2.83. The van der Waals surface area contributed by atoms with E-state index in [0.29, 0.717) is 28.8 Å². The first kappa shape index (κ1) is 12.2. The summed E-state index contributed by atoms with van der Waals surface area (Å²) < 4.78 is 15.7. The van der Waals surface area contributed by atoms with Gasteiger partial charge in [-0.3, -0.25) is 5.10 Å². The molecule has 0 saturated carbocycles. The average Bonchev–Trinajstić information content (AvgIpc) is 3.17. The fourth-order valence-corrected chi connectivity index (χ4v) is 1.81. The lowest BCUT2D eigenvalue weighted by molar-refractivity contribution is 0.403. The molecule has 7 heteroatoms. The molecular formula is C13H12N4O3. The molecule has 0 unspecified atom stereocenters. The molecule has 0 fully saturated rings. The van der Waals surface area contributed by atoms with E-state index in [0.717, 1.165) is 5.56 Å². The molecule has 0 aliphatic carbocycles. The van der Waals surface area contributed by atoms with Gasteiger partial charge >= 0.3 is 0 Å². The van der Waals surface area contributed by atoms with Crippen molar-refractivity contribution in [2.45, 2.75) is 0 Å². The molecule has 2 aromatic heterocycles. The maximum atomic E-state index is 5.30. The van der Waals surface area contributed by atoms with Crippen molar-refractivity contribution in [3.8, 4) is 34.3 Å². The zero-order chi connectivity index (χ0) is 13.9. The number of aromatic nitrogens is 4. The smallest absolute Gasteiger partial charge is 0.261 e. The molecule has 0 atom stereocenters. The van der Waals surface area contributed by atoms with E-state index in [4.69, 9.17) is 14.0 Å². The molecule has 1 N–H and O–H groups in total. The highest BCUT2D eigenvalue weighted by atomic mass is 16.5. The lowest BCUT2D eigenvalue weighted by Crippen LogP contribution is -1.91. The second-order valence-corrected chi connectivity index (χ2v) is 3.98. The van der Waals surface area contributed by atoms with Crippen LogP contribution in [0.3, 0.4) is 0 Å². The van der Waals surface area contributed by atoms with E-state index in [-0.39, 0.29) is 0 Å². The topological polar surface area (TPSA) is 86.1 Å². The van der Waals surface area contributed by atoms with Gasteiger partial charge in [0, 0.05) is 6.20 Å². The molecule has 0 spiro atoms. The van der Waals surface area contributed by atoms with Crippen LogP contribution in [0.25, 0.3) is 22.8 Å². The summed E-state index contributed by atoms with van der Waals surface area (Å²) in [6, 6.07) is 5.39. The average molecular weight is 272 g/mol. The highest BCUT2D eigenvalue weighted by Crippen LogP contribution is 2.32. The summed E-state index contributed by atoms with van der Waals surface area (Å²) in [5, 5.41) is 10.5. The van der Waals surface area contributed by atoms with Gasteiger partial charge in [-0.15, -0.1) is 0 Å². The first-order chi connectivity index (χ1) is 9.81. The Morgan fingerprint density at radius 1 is 1.20 bits per heavy atom. The van der Waals surface area contributed by atoms with Crippen LogP contribution in [-0.4, -0.2) is 34.6 Å². The third-order valence-electron chi connectivity index (χ3n) is 2.82. The largest absolute Gasteiger partial charge is 0.497 e. The minimum atomic E-state index is 0.388. The van der Waals surface area contributed by atoms with Gasteiger partial charge in [-0.05, 0) is 18.2 Å². The second-order valence-electron chi connectivity index (χ2n) is 3.98. The number of benzene rings is 1. The van der Waals surface area contributed by atoms with Crippen molar-refractivity contribution in [3.63, 3.8) is 0 Å². The summed E-state index contributed by atoms with van der Waals surface area (Å²) in [5.41, 5.74) is 1.43. The number of hydrogen-bond acceptors (Lipinski definition) is 6. The lowest BCUT2D eigenvalue weighted by atomic mass is 10.2. The highest BCUT2D eigenvalue weighted by molar-refractivity contribution is 5.67. The minimum Gasteiger partial charge on any atom is -0.497 e. The number of rotatable bonds is 4. The predicted octanol–water partition coefficient (Wildman–Crippen LogP) is 2.14. The van der Waals surface area contributed by atoms with Gasteiger partial charge < -0.3 is 14.0 Å². The number of ether oxygens (including phenoxy) is 2. The number of nitrogens with zero attached hydrogens (tertiary/aromatic N) is 3. The predicted molar refractivity (Wildman–Crippen MR) is 70.4 cm³/mol. The third kappa shape index (κ3) is 2.09. The van der Waals surface area contributed by atoms with Gasteiger partial charge in [0.05, 0.1) is 31.5 Å². The molecule has 0 amide bonds. The Morgan fingerprint density at radius 2 is 2.10 bits per heavy atom. The fraction of sp³-hybridized carbons (Fsp3) is 0.154. The van der Waals surface area contributed by atoms with Crippen molar-refractivity contribution in [3.05, 3.63) is 30.6 Å². The van der Waals surface area contributed by atoms with Gasteiger partial charge in [0.15, 0.2) is 0 Å². The molecule has 20 heavy (non-hydrogen) atoms. The molecule has 0 bridgehead atoms. The van der Waals surface area contributed by atoms with Gasteiger partial charge in [0.2, 0.25) is 5.82 Å². The van der Waals surface area contributed by atoms with Crippen LogP contribution < -0.4 is 9.47 Å². The van der Waals surface area contributed by atoms with Crippen molar-refractivity contribution < 1.29 is 14.0 Å². The van der Waals surface area contributed by atoms with E-state index in [1.54, 1.807) is 44.8 Å². The van der Waals surface area contributed by atoms with Crippen LogP contribution in [0.5, 0.6) is 11.5 Å². The molecule has 7 nitrogen and oxygen atoms in total. The maximum Gasteiger partial charge on any atom is 0.261 e. The summed E-state index contributed by atoms with van der Waals surface area (Å²) >= 11 is 0. The Labute approximate surface area is 114 Å². The Morgan fingerprint density at radius 3 is 2.80 bits per heavy atom. The molecule has 0 radical (unpaired) electrons. The highest BCUT2D eigenvalue weighted by Gasteiger charge is 2.15. The van der Waals surface area contributed by atoms with E-state index in [1.807, 2.05) is 0 Å². The molecule has 2 heterocycles. The van der Waals surface area contributed by atoms with E-state index in [2.05, 4.69) is 20.3 Å². The SMILES string of the molecule is COc1ccc(OC)c(-c2noc(-c3cn[nH]c3)n2)c1. The normalized spacial score (nSPS) is 10.5. The Kier molecular flexibility index (Phi) is 3.08. The van der Waals surface area contributed by atoms with E-state index in [1.165, 1.54) is 0 Å². The quantitative estimate of drug-likeness (QED) is 0.783. The van der Waals surface area contributed by atoms with Crippen LogP contribution >= 0.6 is 0 Å². The van der Waals surface area contributed by atoms with Crippen LogP contribution in [0.2, 0.25) is 0 Å². The maximum absolute atomic E-state index is 5.30. The number of H-pyrrole nitrogens is 1. The molecule has 3 rings (SSSR count). The second kappa shape index (κ2) is 5.04.